The summed E-state index contributed by atoms with van der Waals surface area (Å²) in [4.78, 5) is 17.8. The Balaban J connectivity index is 1.90. The SMILES string of the molecule is CCOC(=O)C(OC(C)(C)C)c1c(-c2ccc3c(c2)CCCO3)nc2ccccn12. The largest absolute Gasteiger partial charge is 0.493 e. The van der Waals surface area contributed by atoms with Gasteiger partial charge in [0.25, 0.3) is 0 Å². The van der Waals surface area contributed by atoms with Gasteiger partial charge < -0.3 is 18.6 Å². The molecule has 0 N–H and O–H groups in total. The molecule has 3 heterocycles. The topological polar surface area (TPSA) is 62.1 Å². The minimum Gasteiger partial charge on any atom is -0.493 e. The maximum atomic E-state index is 13.0. The van der Waals surface area contributed by atoms with Crippen molar-refractivity contribution in [3.8, 4) is 17.0 Å². The summed E-state index contributed by atoms with van der Waals surface area (Å²) in [6, 6.07) is 11.9. The van der Waals surface area contributed by atoms with Crippen LogP contribution in [0.15, 0.2) is 42.6 Å². The predicted molar refractivity (Wildman–Crippen MR) is 115 cm³/mol. The van der Waals surface area contributed by atoms with E-state index < -0.39 is 17.7 Å². The van der Waals surface area contributed by atoms with Gasteiger partial charge in [0.1, 0.15) is 11.4 Å². The maximum absolute atomic E-state index is 13.0. The van der Waals surface area contributed by atoms with E-state index in [9.17, 15) is 4.79 Å². The van der Waals surface area contributed by atoms with Gasteiger partial charge in [-0.1, -0.05) is 6.07 Å². The molecule has 3 aromatic rings. The Bertz CT molecular complexity index is 1060. The maximum Gasteiger partial charge on any atom is 0.341 e. The van der Waals surface area contributed by atoms with E-state index in [0.29, 0.717) is 5.69 Å². The van der Waals surface area contributed by atoms with Gasteiger partial charge in [-0.25, -0.2) is 9.78 Å². The number of fused-ring (bicyclic) bond motifs is 2. The molecule has 1 unspecified atom stereocenters. The van der Waals surface area contributed by atoms with E-state index in [2.05, 4.69) is 6.07 Å². The lowest BCUT2D eigenvalue weighted by atomic mass is 9.99. The monoisotopic (exact) mass is 408 g/mol. The second kappa shape index (κ2) is 8.11. The molecule has 1 aliphatic heterocycles. The van der Waals surface area contributed by atoms with Crippen LogP contribution >= 0.6 is 0 Å². The van der Waals surface area contributed by atoms with Gasteiger partial charge in [-0.05, 0) is 76.4 Å². The van der Waals surface area contributed by atoms with Gasteiger partial charge in [0.05, 0.1) is 30.2 Å². The van der Waals surface area contributed by atoms with Crippen molar-refractivity contribution in [2.75, 3.05) is 13.2 Å². The highest BCUT2D eigenvalue weighted by molar-refractivity contribution is 5.81. The Kier molecular flexibility index (Phi) is 5.52. The van der Waals surface area contributed by atoms with E-state index in [1.807, 2.05) is 61.7 Å². The summed E-state index contributed by atoms with van der Waals surface area (Å²) in [5, 5.41) is 0. The second-order valence-electron chi connectivity index (χ2n) is 8.41. The van der Waals surface area contributed by atoms with Crippen LogP contribution in [0.1, 0.15) is 51.5 Å². The standard InChI is InChI=1S/C24H28N2O4/c1-5-28-23(27)22(30-24(2,3)4)21-20(25-19-10-6-7-13-26(19)21)17-11-12-18-16(15-17)9-8-14-29-18/h6-7,10-13,15,22H,5,8-9,14H2,1-4H3. The molecule has 1 atom stereocenters. The fraction of sp³-hybridized carbons (Fsp3) is 0.417. The van der Waals surface area contributed by atoms with Crippen LogP contribution in [-0.4, -0.2) is 34.2 Å². The Morgan fingerprint density at radius 1 is 1.27 bits per heavy atom. The Labute approximate surface area is 176 Å². The first-order valence-electron chi connectivity index (χ1n) is 10.4. The number of imidazole rings is 1. The highest BCUT2D eigenvalue weighted by Crippen LogP contribution is 2.36. The molecule has 4 rings (SSSR count). The molecule has 30 heavy (non-hydrogen) atoms. The average Bonchev–Trinajstić information content (AvgIpc) is 3.10. The number of carbonyl (C=O) groups excluding carboxylic acids is 1. The van der Waals surface area contributed by atoms with E-state index in [1.165, 1.54) is 0 Å². The van der Waals surface area contributed by atoms with Gasteiger partial charge in [-0.2, -0.15) is 0 Å². The number of hydrogen-bond donors (Lipinski definition) is 0. The smallest absolute Gasteiger partial charge is 0.341 e. The molecule has 0 amide bonds. The van der Waals surface area contributed by atoms with Crippen molar-refractivity contribution in [2.24, 2.45) is 0 Å². The predicted octanol–water partition coefficient (Wildman–Crippen LogP) is 4.75. The van der Waals surface area contributed by atoms with E-state index in [4.69, 9.17) is 19.2 Å². The van der Waals surface area contributed by atoms with Crippen LogP contribution < -0.4 is 4.74 Å². The van der Waals surface area contributed by atoms with Crippen LogP contribution in [0.4, 0.5) is 0 Å². The van der Waals surface area contributed by atoms with Crippen LogP contribution in [0.3, 0.4) is 0 Å². The number of aryl methyl sites for hydroxylation is 1. The summed E-state index contributed by atoms with van der Waals surface area (Å²) in [6.45, 7) is 8.61. The fourth-order valence-electron chi connectivity index (χ4n) is 3.77. The molecule has 6 nitrogen and oxygen atoms in total. The zero-order valence-electron chi connectivity index (χ0n) is 18.0. The van der Waals surface area contributed by atoms with Gasteiger partial charge in [-0.3, -0.25) is 0 Å². The number of aromatic nitrogens is 2. The van der Waals surface area contributed by atoms with Crippen LogP contribution in [0.5, 0.6) is 5.75 Å². The van der Waals surface area contributed by atoms with Crippen LogP contribution in [0.25, 0.3) is 16.9 Å². The number of ether oxygens (including phenoxy) is 3. The molecule has 6 heteroatoms. The Hall–Kier alpha value is -2.86. The zero-order valence-corrected chi connectivity index (χ0v) is 18.0. The number of hydrogen-bond acceptors (Lipinski definition) is 5. The minimum absolute atomic E-state index is 0.283. The van der Waals surface area contributed by atoms with Crippen molar-refractivity contribution >= 4 is 11.6 Å². The molecular weight excluding hydrogens is 380 g/mol. The highest BCUT2D eigenvalue weighted by atomic mass is 16.6. The first-order chi connectivity index (χ1) is 14.4. The van der Waals surface area contributed by atoms with E-state index >= 15 is 0 Å². The number of rotatable bonds is 5. The fourth-order valence-corrected chi connectivity index (χ4v) is 3.77. The molecule has 1 aliphatic rings. The third-order valence-electron chi connectivity index (χ3n) is 4.97. The highest BCUT2D eigenvalue weighted by Gasteiger charge is 2.34. The number of esters is 1. The minimum atomic E-state index is -0.898. The first kappa shape index (κ1) is 20.4. The molecule has 0 fully saturated rings. The van der Waals surface area contributed by atoms with Crippen LogP contribution in [0.2, 0.25) is 0 Å². The molecule has 2 aromatic heterocycles. The third-order valence-corrected chi connectivity index (χ3v) is 4.97. The lowest BCUT2D eigenvalue weighted by Crippen LogP contribution is -2.29. The summed E-state index contributed by atoms with van der Waals surface area (Å²) in [5.74, 6) is 0.504. The summed E-state index contributed by atoms with van der Waals surface area (Å²) >= 11 is 0. The molecule has 0 spiro atoms. The van der Waals surface area contributed by atoms with Crippen molar-refractivity contribution in [1.82, 2.24) is 9.38 Å². The van der Waals surface area contributed by atoms with Gasteiger partial charge in [-0.15, -0.1) is 0 Å². The molecule has 1 aromatic carbocycles. The van der Waals surface area contributed by atoms with Gasteiger partial charge in [0, 0.05) is 11.8 Å². The summed E-state index contributed by atoms with van der Waals surface area (Å²) in [6.07, 6.45) is 2.96. The average molecular weight is 408 g/mol. The van der Waals surface area contributed by atoms with Gasteiger partial charge in [0.2, 0.25) is 0 Å². The van der Waals surface area contributed by atoms with Crippen LogP contribution in [-0.2, 0) is 20.7 Å². The lowest BCUT2D eigenvalue weighted by Gasteiger charge is -2.27. The van der Waals surface area contributed by atoms with Crippen molar-refractivity contribution in [2.45, 2.75) is 52.2 Å². The molecule has 0 aliphatic carbocycles. The normalized spacial score (nSPS) is 14.8. The van der Waals surface area contributed by atoms with Crippen molar-refractivity contribution < 1.29 is 19.0 Å². The number of carbonyl (C=O) groups is 1. The number of benzene rings is 1. The molecular formula is C24H28N2O4. The number of pyridine rings is 1. The quantitative estimate of drug-likeness (QED) is 0.571. The summed E-state index contributed by atoms with van der Waals surface area (Å²) in [7, 11) is 0. The van der Waals surface area contributed by atoms with E-state index in [-0.39, 0.29) is 6.61 Å². The van der Waals surface area contributed by atoms with Crippen LogP contribution in [0, 0.1) is 0 Å². The second-order valence-corrected chi connectivity index (χ2v) is 8.41. The summed E-state index contributed by atoms with van der Waals surface area (Å²) in [5.41, 5.74) is 3.70. The van der Waals surface area contributed by atoms with Crippen molar-refractivity contribution in [3.05, 3.63) is 53.9 Å². The Morgan fingerprint density at radius 3 is 2.87 bits per heavy atom. The molecule has 0 bridgehead atoms. The third kappa shape index (κ3) is 4.05. The summed E-state index contributed by atoms with van der Waals surface area (Å²) < 4.78 is 19.3. The molecule has 0 radical (unpaired) electrons. The van der Waals surface area contributed by atoms with Crippen molar-refractivity contribution in [1.29, 1.82) is 0 Å². The Morgan fingerprint density at radius 2 is 2.10 bits per heavy atom. The zero-order chi connectivity index (χ0) is 21.3. The number of nitrogens with zero attached hydrogens (tertiary/aromatic N) is 2. The van der Waals surface area contributed by atoms with Gasteiger partial charge in [0.15, 0.2) is 6.10 Å². The van der Waals surface area contributed by atoms with E-state index in [1.54, 1.807) is 6.92 Å². The van der Waals surface area contributed by atoms with Gasteiger partial charge >= 0.3 is 5.97 Å². The lowest BCUT2D eigenvalue weighted by molar-refractivity contribution is -0.167. The van der Waals surface area contributed by atoms with Crippen molar-refractivity contribution in [3.63, 3.8) is 0 Å². The molecule has 0 saturated heterocycles. The first-order valence-corrected chi connectivity index (χ1v) is 10.4. The van der Waals surface area contributed by atoms with E-state index in [0.717, 1.165) is 47.7 Å². The molecule has 158 valence electrons. The molecule has 0 saturated carbocycles.